The number of fused-ring (bicyclic) bond motifs is 1. The molecule has 2 aliphatic rings. The Kier molecular flexibility index (Phi) is 6.05. The maximum Gasteiger partial charge on any atom is 0.508 e. The lowest BCUT2D eigenvalue weighted by Gasteiger charge is -2.24. The summed E-state index contributed by atoms with van der Waals surface area (Å²) in [6, 6.07) is 0. The summed E-state index contributed by atoms with van der Waals surface area (Å²) in [7, 11) is 0. The summed E-state index contributed by atoms with van der Waals surface area (Å²) in [5.74, 6) is 1.47. The van der Waals surface area contributed by atoms with Gasteiger partial charge in [0.1, 0.15) is 11.7 Å². The van der Waals surface area contributed by atoms with Gasteiger partial charge < -0.3 is 14.2 Å². The van der Waals surface area contributed by atoms with Crippen molar-refractivity contribution in [2.45, 2.75) is 85.4 Å². The van der Waals surface area contributed by atoms with Gasteiger partial charge in [-0.05, 0) is 84.5 Å². The van der Waals surface area contributed by atoms with Gasteiger partial charge in [0.05, 0.1) is 12.0 Å². The van der Waals surface area contributed by atoms with Crippen molar-refractivity contribution < 1.29 is 23.8 Å². The van der Waals surface area contributed by atoms with E-state index in [9.17, 15) is 9.59 Å². The van der Waals surface area contributed by atoms with E-state index in [1.54, 1.807) is 0 Å². The lowest BCUT2D eigenvalue weighted by Crippen LogP contribution is -2.29. The monoisotopic (exact) mass is 354 g/mol. The lowest BCUT2D eigenvalue weighted by atomic mass is 9.90. The van der Waals surface area contributed by atoms with Crippen LogP contribution in [0.25, 0.3) is 0 Å². The van der Waals surface area contributed by atoms with Gasteiger partial charge in [0.25, 0.3) is 0 Å². The third-order valence-electron chi connectivity index (χ3n) is 5.61. The molecular weight excluding hydrogens is 320 g/mol. The van der Waals surface area contributed by atoms with Crippen molar-refractivity contribution in [1.82, 2.24) is 0 Å². The fourth-order valence-electron chi connectivity index (χ4n) is 3.84. The van der Waals surface area contributed by atoms with Crippen LogP contribution in [0.1, 0.15) is 73.6 Å². The van der Waals surface area contributed by atoms with Crippen LogP contribution >= 0.6 is 0 Å². The number of esters is 1. The van der Waals surface area contributed by atoms with Gasteiger partial charge in [-0.25, -0.2) is 4.79 Å². The average molecular weight is 354 g/mol. The van der Waals surface area contributed by atoms with Crippen LogP contribution in [0.4, 0.5) is 4.79 Å². The summed E-state index contributed by atoms with van der Waals surface area (Å²) in [6.45, 7) is 11.8. The second kappa shape index (κ2) is 7.55. The van der Waals surface area contributed by atoms with E-state index >= 15 is 0 Å². The summed E-state index contributed by atoms with van der Waals surface area (Å²) in [5, 5.41) is 0. The van der Waals surface area contributed by atoms with Gasteiger partial charge in [-0.3, -0.25) is 4.79 Å². The second-order valence-corrected chi connectivity index (χ2v) is 9.37. The molecule has 0 N–H and O–H groups in total. The zero-order valence-electron chi connectivity index (χ0n) is 16.6. The molecule has 2 rings (SSSR count). The molecule has 5 heteroatoms. The Hall–Kier alpha value is -1.26. The molecule has 0 spiro atoms. The highest BCUT2D eigenvalue weighted by atomic mass is 16.7. The highest BCUT2D eigenvalue weighted by molar-refractivity contribution is 5.76. The molecular formula is C20H34O5. The standard InChI is InChI=1S/C20H34O5/c1-7-20(5,6)17(21)24-16-10-14-8-13(9-15(14)11-16)12-23-18(22)25-19(2,3)4/h13-16H,7-12H2,1-6H3. The van der Waals surface area contributed by atoms with Crippen molar-refractivity contribution in [3.63, 3.8) is 0 Å². The fourth-order valence-corrected chi connectivity index (χ4v) is 3.84. The van der Waals surface area contributed by atoms with Crippen LogP contribution in [0, 0.1) is 23.2 Å². The molecule has 0 aromatic heterocycles. The highest BCUT2D eigenvalue weighted by Gasteiger charge is 2.44. The molecule has 2 fully saturated rings. The van der Waals surface area contributed by atoms with Gasteiger partial charge in [0.15, 0.2) is 0 Å². The van der Waals surface area contributed by atoms with Gasteiger partial charge in [-0.2, -0.15) is 0 Å². The van der Waals surface area contributed by atoms with Crippen LogP contribution in [-0.2, 0) is 19.0 Å². The quantitative estimate of drug-likeness (QED) is 0.668. The van der Waals surface area contributed by atoms with Crippen LogP contribution in [-0.4, -0.2) is 30.4 Å². The fraction of sp³-hybridized carbons (Fsp3) is 0.900. The average Bonchev–Trinajstić information content (AvgIpc) is 3.01. The van der Waals surface area contributed by atoms with Crippen molar-refractivity contribution in [2.75, 3.05) is 6.61 Å². The Balaban J connectivity index is 1.72. The number of hydrogen-bond acceptors (Lipinski definition) is 5. The van der Waals surface area contributed by atoms with Crippen molar-refractivity contribution >= 4 is 12.1 Å². The van der Waals surface area contributed by atoms with E-state index in [-0.39, 0.29) is 12.1 Å². The molecule has 144 valence electrons. The highest BCUT2D eigenvalue weighted by Crippen LogP contribution is 2.48. The van der Waals surface area contributed by atoms with E-state index in [1.807, 2.05) is 41.5 Å². The zero-order valence-corrected chi connectivity index (χ0v) is 16.6. The van der Waals surface area contributed by atoms with E-state index in [4.69, 9.17) is 14.2 Å². The first kappa shape index (κ1) is 20.1. The molecule has 0 heterocycles. The zero-order chi connectivity index (χ0) is 18.8. The van der Waals surface area contributed by atoms with Crippen LogP contribution in [0.15, 0.2) is 0 Å². The summed E-state index contributed by atoms with van der Waals surface area (Å²) in [6.07, 6.45) is 4.23. The van der Waals surface area contributed by atoms with E-state index < -0.39 is 17.2 Å². The number of rotatable bonds is 5. The minimum absolute atomic E-state index is 0.0565. The minimum atomic E-state index is -0.585. The molecule has 0 aliphatic heterocycles. The molecule has 0 amide bonds. The predicted octanol–water partition coefficient (Wildman–Crippen LogP) is 4.72. The van der Waals surface area contributed by atoms with Crippen LogP contribution < -0.4 is 0 Å². The molecule has 0 aromatic carbocycles. The first-order chi connectivity index (χ1) is 11.5. The predicted molar refractivity (Wildman–Crippen MR) is 95.1 cm³/mol. The first-order valence-electron chi connectivity index (χ1n) is 9.57. The molecule has 0 bridgehead atoms. The molecule has 2 saturated carbocycles. The number of carbonyl (C=O) groups is 2. The third-order valence-corrected chi connectivity index (χ3v) is 5.61. The number of carbonyl (C=O) groups excluding carboxylic acids is 2. The van der Waals surface area contributed by atoms with E-state index in [1.165, 1.54) is 0 Å². The first-order valence-corrected chi connectivity index (χ1v) is 9.57. The van der Waals surface area contributed by atoms with Gasteiger partial charge in [0, 0.05) is 0 Å². The van der Waals surface area contributed by atoms with Gasteiger partial charge in [-0.15, -0.1) is 0 Å². The Morgan fingerprint density at radius 1 is 0.960 bits per heavy atom. The van der Waals surface area contributed by atoms with Crippen molar-refractivity contribution in [3.05, 3.63) is 0 Å². The van der Waals surface area contributed by atoms with Crippen molar-refractivity contribution in [1.29, 1.82) is 0 Å². The molecule has 0 aromatic rings. The Morgan fingerprint density at radius 3 is 2.00 bits per heavy atom. The SMILES string of the molecule is CCC(C)(C)C(=O)OC1CC2CC(COC(=O)OC(C)(C)C)CC2C1. The summed E-state index contributed by atoms with van der Waals surface area (Å²) in [5.41, 5.74) is -0.922. The van der Waals surface area contributed by atoms with Crippen molar-refractivity contribution in [3.8, 4) is 0 Å². The maximum absolute atomic E-state index is 12.2. The maximum atomic E-state index is 12.2. The van der Waals surface area contributed by atoms with E-state index in [2.05, 4.69) is 0 Å². The number of hydrogen-bond donors (Lipinski definition) is 0. The molecule has 0 saturated heterocycles. The molecule has 2 unspecified atom stereocenters. The van der Waals surface area contributed by atoms with Gasteiger partial charge in [-0.1, -0.05) is 6.92 Å². The lowest BCUT2D eigenvalue weighted by molar-refractivity contribution is -0.159. The Bertz CT molecular complexity index is 477. The Morgan fingerprint density at radius 2 is 1.52 bits per heavy atom. The van der Waals surface area contributed by atoms with Crippen LogP contribution in [0.2, 0.25) is 0 Å². The summed E-state index contributed by atoms with van der Waals surface area (Å²) < 4.78 is 16.2. The van der Waals surface area contributed by atoms with Gasteiger partial charge in [0.2, 0.25) is 0 Å². The largest absolute Gasteiger partial charge is 0.508 e. The molecule has 25 heavy (non-hydrogen) atoms. The van der Waals surface area contributed by atoms with E-state index in [0.717, 1.165) is 32.1 Å². The van der Waals surface area contributed by atoms with Crippen LogP contribution in [0.5, 0.6) is 0 Å². The molecule has 5 nitrogen and oxygen atoms in total. The topological polar surface area (TPSA) is 61.8 Å². The van der Waals surface area contributed by atoms with Crippen molar-refractivity contribution in [2.24, 2.45) is 23.2 Å². The molecule has 2 atom stereocenters. The van der Waals surface area contributed by atoms with E-state index in [0.29, 0.717) is 24.4 Å². The van der Waals surface area contributed by atoms with Gasteiger partial charge >= 0.3 is 12.1 Å². The smallest absolute Gasteiger partial charge is 0.462 e. The Labute approximate surface area is 151 Å². The second-order valence-electron chi connectivity index (χ2n) is 9.37. The summed E-state index contributed by atoms with van der Waals surface area (Å²) in [4.78, 5) is 23.9. The molecule has 2 aliphatic carbocycles. The normalized spacial score (nSPS) is 29.2. The minimum Gasteiger partial charge on any atom is -0.462 e. The van der Waals surface area contributed by atoms with Crippen LogP contribution in [0.3, 0.4) is 0 Å². The number of ether oxygens (including phenoxy) is 3. The third kappa shape index (κ3) is 5.61. The summed E-state index contributed by atoms with van der Waals surface area (Å²) >= 11 is 0. The molecule has 0 radical (unpaired) electrons.